The van der Waals surface area contributed by atoms with Crippen LogP contribution in [0.2, 0.25) is 0 Å². The Morgan fingerprint density at radius 2 is 1.78 bits per heavy atom. The normalized spacial score (nSPS) is 12.9. The van der Waals surface area contributed by atoms with Crippen molar-refractivity contribution >= 4 is 17.4 Å². The standard InChI is InChI=1S/C22H29N5O.C8H10N4O/c1-5-13-26(6-2)19-9-7-17(8-10-19)20-11-12-21(25-24-20)22(28)27-14-18(15-27)16(3)23-4;1-4-7(13)5(2)12-8(9-4)10-6(3)11-12/h7-12,18,23H,3,5-6,13-15H2,1-2,4H3;13H,1-3H3. The van der Waals surface area contributed by atoms with Crippen molar-refractivity contribution in [1.82, 2.24) is 40.0 Å². The summed E-state index contributed by atoms with van der Waals surface area (Å²) in [6.45, 7) is 17.0. The number of aromatic nitrogens is 6. The van der Waals surface area contributed by atoms with Gasteiger partial charge in [0.1, 0.15) is 5.82 Å². The number of hydrogen-bond donors (Lipinski definition) is 2. The Hall–Kier alpha value is -4.54. The second kappa shape index (κ2) is 12.8. The number of aryl methyl sites for hydroxylation is 3. The molecule has 1 saturated heterocycles. The highest BCUT2D eigenvalue weighted by atomic mass is 16.3. The maximum absolute atomic E-state index is 12.5. The number of nitrogens with zero attached hydrogens (tertiary/aromatic N) is 8. The molecule has 2 N–H and O–H groups in total. The van der Waals surface area contributed by atoms with Crippen LogP contribution in [-0.4, -0.2) is 78.9 Å². The second-order valence-corrected chi connectivity index (χ2v) is 10.1. The zero-order chi connectivity index (χ0) is 29.7. The molecule has 5 rings (SSSR count). The summed E-state index contributed by atoms with van der Waals surface area (Å²) in [5, 5.41) is 25.1. The molecule has 1 aromatic carbocycles. The number of likely N-dealkylation sites (tertiary alicyclic amines) is 1. The first kappa shape index (κ1) is 29.4. The van der Waals surface area contributed by atoms with Gasteiger partial charge in [0.25, 0.3) is 11.7 Å². The van der Waals surface area contributed by atoms with Gasteiger partial charge in [0.2, 0.25) is 0 Å². The molecule has 0 bridgehead atoms. The van der Waals surface area contributed by atoms with Crippen LogP contribution < -0.4 is 10.2 Å². The van der Waals surface area contributed by atoms with Crippen LogP contribution in [0.5, 0.6) is 5.75 Å². The van der Waals surface area contributed by atoms with E-state index < -0.39 is 0 Å². The lowest BCUT2D eigenvalue weighted by molar-refractivity contribution is 0.0540. The quantitative estimate of drug-likeness (QED) is 0.331. The van der Waals surface area contributed by atoms with E-state index in [2.05, 4.69) is 80.2 Å². The fourth-order valence-corrected chi connectivity index (χ4v) is 4.68. The third kappa shape index (κ3) is 6.45. The van der Waals surface area contributed by atoms with E-state index in [1.165, 1.54) is 10.2 Å². The summed E-state index contributed by atoms with van der Waals surface area (Å²) in [6.07, 6.45) is 1.12. The molecular formula is C30H39N9O2. The predicted molar refractivity (Wildman–Crippen MR) is 160 cm³/mol. The average molecular weight is 558 g/mol. The largest absolute Gasteiger partial charge is 0.504 e. The van der Waals surface area contributed by atoms with Crippen LogP contribution in [0.4, 0.5) is 5.69 Å². The highest BCUT2D eigenvalue weighted by Gasteiger charge is 2.33. The second-order valence-electron chi connectivity index (χ2n) is 10.1. The Morgan fingerprint density at radius 3 is 2.37 bits per heavy atom. The van der Waals surface area contributed by atoms with E-state index in [0.717, 1.165) is 36.5 Å². The Bertz CT molecular complexity index is 1510. The molecule has 1 amide bonds. The number of carbonyl (C=O) groups is 1. The molecule has 0 atom stereocenters. The van der Waals surface area contributed by atoms with Gasteiger partial charge in [0.15, 0.2) is 11.4 Å². The molecule has 11 nitrogen and oxygen atoms in total. The van der Waals surface area contributed by atoms with Crippen molar-refractivity contribution in [2.75, 3.05) is 38.1 Å². The number of nitrogens with one attached hydrogen (secondary N) is 1. The topological polar surface area (TPSA) is 125 Å². The van der Waals surface area contributed by atoms with Crippen LogP contribution in [0, 0.1) is 26.7 Å². The number of anilines is 1. The van der Waals surface area contributed by atoms with Gasteiger partial charge in [-0.1, -0.05) is 25.6 Å². The van der Waals surface area contributed by atoms with Crippen molar-refractivity contribution in [3.8, 4) is 17.0 Å². The molecule has 1 aliphatic rings. The first-order valence-corrected chi connectivity index (χ1v) is 13.9. The summed E-state index contributed by atoms with van der Waals surface area (Å²) in [4.78, 5) is 24.8. The molecule has 1 aliphatic heterocycles. The van der Waals surface area contributed by atoms with Crippen molar-refractivity contribution in [2.24, 2.45) is 5.92 Å². The van der Waals surface area contributed by atoms with Crippen LogP contribution in [0.3, 0.4) is 0 Å². The molecule has 1 fully saturated rings. The van der Waals surface area contributed by atoms with Gasteiger partial charge in [0, 0.05) is 56.1 Å². The smallest absolute Gasteiger partial charge is 0.274 e. The Kier molecular flexibility index (Phi) is 9.16. The lowest BCUT2D eigenvalue weighted by Gasteiger charge is -2.39. The van der Waals surface area contributed by atoms with Crippen LogP contribution >= 0.6 is 0 Å². The van der Waals surface area contributed by atoms with E-state index in [0.29, 0.717) is 47.7 Å². The Balaban J connectivity index is 0.000000247. The van der Waals surface area contributed by atoms with E-state index in [1.54, 1.807) is 31.7 Å². The van der Waals surface area contributed by atoms with Gasteiger partial charge in [-0.15, -0.1) is 15.3 Å². The highest BCUT2D eigenvalue weighted by Crippen LogP contribution is 2.24. The van der Waals surface area contributed by atoms with Crippen LogP contribution in [0.15, 0.2) is 48.7 Å². The van der Waals surface area contributed by atoms with Gasteiger partial charge in [-0.2, -0.15) is 9.50 Å². The van der Waals surface area contributed by atoms with E-state index in [4.69, 9.17) is 0 Å². The third-order valence-electron chi connectivity index (χ3n) is 7.24. The fourth-order valence-electron chi connectivity index (χ4n) is 4.68. The molecular weight excluding hydrogens is 518 g/mol. The molecule has 0 radical (unpaired) electrons. The van der Waals surface area contributed by atoms with Crippen molar-refractivity contribution in [3.63, 3.8) is 0 Å². The summed E-state index contributed by atoms with van der Waals surface area (Å²) >= 11 is 0. The first-order valence-electron chi connectivity index (χ1n) is 13.9. The minimum absolute atomic E-state index is 0.0762. The van der Waals surface area contributed by atoms with E-state index in [1.807, 2.05) is 13.1 Å². The Morgan fingerprint density at radius 1 is 1.07 bits per heavy atom. The van der Waals surface area contributed by atoms with E-state index >= 15 is 0 Å². The van der Waals surface area contributed by atoms with Gasteiger partial charge in [-0.3, -0.25) is 4.79 Å². The van der Waals surface area contributed by atoms with Gasteiger partial charge in [-0.05, 0) is 58.4 Å². The number of amides is 1. The minimum Gasteiger partial charge on any atom is -0.504 e. The van der Waals surface area contributed by atoms with Crippen molar-refractivity contribution in [3.05, 3.63) is 71.6 Å². The molecule has 0 unspecified atom stereocenters. The molecule has 216 valence electrons. The summed E-state index contributed by atoms with van der Waals surface area (Å²) in [5.74, 6) is 1.60. The summed E-state index contributed by atoms with van der Waals surface area (Å²) < 4.78 is 1.54. The molecule has 0 spiro atoms. The number of benzene rings is 1. The van der Waals surface area contributed by atoms with Gasteiger partial charge >= 0.3 is 0 Å². The predicted octanol–water partition coefficient (Wildman–Crippen LogP) is 3.94. The molecule has 4 aromatic rings. The van der Waals surface area contributed by atoms with Crippen LogP contribution in [-0.2, 0) is 0 Å². The fraction of sp³-hybridized carbons (Fsp3) is 0.400. The number of aromatic hydroxyl groups is 1. The van der Waals surface area contributed by atoms with Crippen molar-refractivity contribution in [1.29, 1.82) is 0 Å². The molecule has 0 saturated carbocycles. The summed E-state index contributed by atoms with van der Waals surface area (Å²) in [7, 11) is 1.85. The number of hydrogen-bond acceptors (Lipinski definition) is 9. The zero-order valence-electron chi connectivity index (χ0n) is 24.7. The maximum Gasteiger partial charge on any atom is 0.274 e. The monoisotopic (exact) mass is 557 g/mol. The third-order valence-corrected chi connectivity index (χ3v) is 7.24. The summed E-state index contributed by atoms with van der Waals surface area (Å²) in [5.41, 5.74) is 5.58. The minimum atomic E-state index is -0.0762. The Labute approximate surface area is 241 Å². The number of carbonyl (C=O) groups excluding carboxylic acids is 1. The lowest BCUT2D eigenvalue weighted by atomic mass is 9.96. The lowest BCUT2D eigenvalue weighted by Crippen LogP contribution is -2.52. The molecule has 0 aliphatic carbocycles. The van der Waals surface area contributed by atoms with Crippen molar-refractivity contribution in [2.45, 2.75) is 41.0 Å². The molecule has 11 heteroatoms. The van der Waals surface area contributed by atoms with E-state index in [9.17, 15) is 9.90 Å². The van der Waals surface area contributed by atoms with Crippen LogP contribution in [0.1, 0.15) is 48.0 Å². The van der Waals surface area contributed by atoms with Gasteiger partial charge < -0.3 is 20.2 Å². The van der Waals surface area contributed by atoms with Gasteiger partial charge in [0.05, 0.1) is 17.1 Å². The van der Waals surface area contributed by atoms with Crippen LogP contribution in [0.25, 0.3) is 17.0 Å². The number of fused-ring (bicyclic) bond motifs is 1. The zero-order valence-corrected chi connectivity index (χ0v) is 24.7. The SMILES string of the molecule is C=C(NC)C1CN(C(=O)c2ccc(-c3ccc(N(CC)CCC)cc3)nn2)C1.Cc1nc2nc(C)c(O)c(C)n2n1. The van der Waals surface area contributed by atoms with E-state index in [-0.39, 0.29) is 11.7 Å². The summed E-state index contributed by atoms with van der Waals surface area (Å²) in [6, 6.07) is 12.0. The number of rotatable bonds is 8. The molecule has 4 heterocycles. The maximum atomic E-state index is 12.5. The molecule has 41 heavy (non-hydrogen) atoms. The first-order chi connectivity index (χ1) is 19.7. The van der Waals surface area contributed by atoms with Gasteiger partial charge in [-0.25, -0.2) is 4.98 Å². The average Bonchev–Trinajstić information content (AvgIpc) is 3.34. The molecule has 3 aromatic heterocycles. The van der Waals surface area contributed by atoms with Crippen molar-refractivity contribution < 1.29 is 9.90 Å². The highest BCUT2D eigenvalue weighted by molar-refractivity contribution is 5.93.